The van der Waals surface area contributed by atoms with Gasteiger partial charge in [-0.1, -0.05) is 0 Å². The first-order valence-corrected chi connectivity index (χ1v) is 5.43. The van der Waals surface area contributed by atoms with Crippen LogP contribution in [0.5, 0.6) is 0 Å². The summed E-state index contributed by atoms with van der Waals surface area (Å²) < 4.78 is 2.66. The normalized spacial score (nSPS) is 10.5. The molecule has 84 valence electrons. The molecule has 2 heterocycles. The van der Waals surface area contributed by atoms with Crippen molar-refractivity contribution in [3.05, 3.63) is 28.4 Å². The standard InChI is InChI=1S/C9H11BrN6/c1-5-6(2)16(4-13-5)8-7(10)3-12-9(14-8)15-11/h3-4H,11H2,1-2H3,(H,12,14,15). The largest absolute Gasteiger partial charge is 0.292 e. The molecule has 0 saturated heterocycles. The Labute approximate surface area is 101 Å². The van der Waals surface area contributed by atoms with Gasteiger partial charge in [0, 0.05) is 11.9 Å². The highest BCUT2D eigenvalue weighted by Crippen LogP contribution is 2.21. The van der Waals surface area contributed by atoms with Gasteiger partial charge in [-0.15, -0.1) is 0 Å². The van der Waals surface area contributed by atoms with Gasteiger partial charge in [0.2, 0.25) is 5.95 Å². The molecular formula is C9H11BrN6. The number of aromatic nitrogens is 4. The molecule has 0 fully saturated rings. The van der Waals surface area contributed by atoms with E-state index in [1.54, 1.807) is 12.5 Å². The van der Waals surface area contributed by atoms with Crippen molar-refractivity contribution in [2.45, 2.75) is 13.8 Å². The van der Waals surface area contributed by atoms with Gasteiger partial charge in [-0.2, -0.15) is 4.98 Å². The van der Waals surface area contributed by atoms with E-state index in [0.717, 1.165) is 15.9 Å². The molecule has 0 unspecified atom stereocenters. The average Bonchev–Trinajstić information content (AvgIpc) is 2.61. The van der Waals surface area contributed by atoms with Crippen LogP contribution in [0.1, 0.15) is 11.4 Å². The van der Waals surface area contributed by atoms with Gasteiger partial charge < -0.3 is 0 Å². The molecule has 7 heteroatoms. The molecule has 0 radical (unpaired) electrons. The third-order valence-corrected chi connectivity index (χ3v) is 2.89. The lowest BCUT2D eigenvalue weighted by molar-refractivity contribution is 0.924. The molecule has 16 heavy (non-hydrogen) atoms. The quantitative estimate of drug-likeness (QED) is 0.642. The second-order valence-corrected chi connectivity index (χ2v) is 4.15. The summed E-state index contributed by atoms with van der Waals surface area (Å²) >= 11 is 3.40. The number of hydrazine groups is 1. The van der Waals surface area contributed by atoms with Crippen LogP contribution in [0, 0.1) is 13.8 Å². The van der Waals surface area contributed by atoms with Crippen LogP contribution in [0.2, 0.25) is 0 Å². The zero-order chi connectivity index (χ0) is 11.7. The van der Waals surface area contributed by atoms with Gasteiger partial charge in [-0.25, -0.2) is 15.8 Å². The maximum atomic E-state index is 5.27. The zero-order valence-electron chi connectivity index (χ0n) is 8.90. The first-order valence-electron chi connectivity index (χ1n) is 4.63. The van der Waals surface area contributed by atoms with Crippen molar-refractivity contribution in [1.29, 1.82) is 0 Å². The van der Waals surface area contributed by atoms with E-state index in [4.69, 9.17) is 5.84 Å². The van der Waals surface area contributed by atoms with E-state index in [1.807, 2.05) is 18.4 Å². The Morgan fingerprint density at radius 2 is 2.12 bits per heavy atom. The fourth-order valence-electron chi connectivity index (χ4n) is 1.31. The summed E-state index contributed by atoms with van der Waals surface area (Å²) in [5.74, 6) is 6.35. The van der Waals surface area contributed by atoms with Gasteiger partial charge in [0.05, 0.1) is 10.2 Å². The van der Waals surface area contributed by atoms with Crippen molar-refractivity contribution in [3.63, 3.8) is 0 Å². The molecule has 0 atom stereocenters. The van der Waals surface area contributed by atoms with Crippen LogP contribution in [-0.2, 0) is 0 Å². The molecule has 2 rings (SSSR count). The Balaban J connectivity index is 2.59. The van der Waals surface area contributed by atoms with E-state index in [0.29, 0.717) is 11.8 Å². The van der Waals surface area contributed by atoms with Crippen molar-refractivity contribution in [3.8, 4) is 5.82 Å². The maximum absolute atomic E-state index is 5.27. The SMILES string of the molecule is Cc1ncn(-c2nc(NN)ncc2Br)c1C. The van der Waals surface area contributed by atoms with Crippen molar-refractivity contribution >= 4 is 21.9 Å². The van der Waals surface area contributed by atoms with Gasteiger partial charge in [0.25, 0.3) is 0 Å². The molecule has 0 aliphatic heterocycles. The summed E-state index contributed by atoms with van der Waals surface area (Å²) in [6.07, 6.45) is 3.37. The van der Waals surface area contributed by atoms with Crippen LogP contribution in [0.3, 0.4) is 0 Å². The van der Waals surface area contributed by atoms with E-state index >= 15 is 0 Å². The number of aryl methyl sites for hydroxylation is 1. The number of halogens is 1. The number of nitrogens with one attached hydrogen (secondary N) is 1. The lowest BCUT2D eigenvalue weighted by Crippen LogP contribution is -2.12. The third-order valence-electron chi connectivity index (χ3n) is 2.33. The predicted octanol–water partition coefficient (Wildman–Crippen LogP) is 1.33. The Kier molecular flexibility index (Phi) is 2.88. The Morgan fingerprint density at radius 3 is 2.69 bits per heavy atom. The van der Waals surface area contributed by atoms with Crippen molar-refractivity contribution < 1.29 is 0 Å². The Morgan fingerprint density at radius 1 is 1.38 bits per heavy atom. The molecule has 0 spiro atoms. The van der Waals surface area contributed by atoms with Gasteiger partial charge in [-0.05, 0) is 29.8 Å². The van der Waals surface area contributed by atoms with Gasteiger partial charge in [0.1, 0.15) is 6.33 Å². The van der Waals surface area contributed by atoms with Crippen LogP contribution in [0.4, 0.5) is 5.95 Å². The minimum absolute atomic E-state index is 0.365. The number of hydrogen-bond acceptors (Lipinski definition) is 5. The number of rotatable bonds is 2. The summed E-state index contributed by atoms with van der Waals surface area (Å²) in [4.78, 5) is 12.5. The van der Waals surface area contributed by atoms with E-state index in [-0.39, 0.29) is 0 Å². The summed E-state index contributed by atoms with van der Waals surface area (Å²) in [6.45, 7) is 3.93. The molecule has 0 amide bonds. The summed E-state index contributed by atoms with van der Waals surface area (Å²) in [7, 11) is 0. The molecule has 0 saturated carbocycles. The van der Waals surface area contributed by atoms with Crippen LogP contribution < -0.4 is 11.3 Å². The topological polar surface area (TPSA) is 81.7 Å². The summed E-state index contributed by atoms with van der Waals surface area (Å²) in [5, 5.41) is 0. The van der Waals surface area contributed by atoms with E-state index in [2.05, 4.69) is 36.3 Å². The molecule has 0 bridgehead atoms. The second-order valence-electron chi connectivity index (χ2n) is 3.29. The van der Waals surface area contributed by atoms with Gasteiger partial charge >= 0.3 is 0 Å². The first kappa shape index (κ1) is 11.0. The molecule has 0 aliphatic rings. The van der Waals surface area contributed by atoms with Crippen molar-refractivity contribution in [2.75, 3.05) is 5.43 Å². The van der Waals surface area contributed by atoms with Crippen LogP contribution in [0.25, 0.3) is 5.82 Å². The molecule has 0 aliphatic carbocycles. The predicted molar refractivity (Wildman–Crippen MR) is 64.1 cm³/mol. The number of imidazole rings is 1. The van der Waals surface area contributed by atoms with Crippen molar-refractivity contribution in [1.82, 2.24) is 19.5 Å². The first-order chi connectivity index (χ1) is 7.63. The third kappa shape index (κ3) is 1.79. The lowest BCUT2D eigenvalue weighted by atomic mass is 10.4. The van der Waals surface area contributed by atoms with Crippen LogP contribution >= 0.6 is 15.9 Å². The monoisotopic (exact) mass is 282 g/mol. The maximum Gasteiger partial charge on any atom is 0.239 e. The molecule has 0 aromatic carbocycles. The fraction of sp³-hybridized carbons (Fsp3) is 0.222. The molecule has 3 N–H and O–H groups in total. The zero-order valence-corrected chi connectivity index (χ0v) is 10.5. The minimum atomic E-state index is 0.365. The molecule has 2 aromatic heterocycles. The van der Waals surface area contributed by atoms with Gasteiger partial charge in [-0.3, -0.25) is 9.99 Å². The lowest BCUT2D eigenvalue weighted by Gasteiger charge is -2.08. The fourth-order valence-corrected chi connectivity index (χ4v) is 1.69. The number of nitrogen functional groups attached to an aromatic ring is 1. The van der Waals surface area contributed by atoms with E-state index < -0.39 is 0 Å². The summed E-state index contributed by atoms with van der Waals surface area (Å²) in [6, 6.07) is 0. The number of anilines is 1. The van der Waals surface area contributed by atoms with Crippen LogP contribution in [0.15, 0.2) is 17.0 Å². The molecular weight excluding hydrogens is 272 g/mol. The minimum Gasteiger partial charge on any atom is -0.292 e. The molecule has 2 aromatic rings. The van der Waals surface area contributed by atoms with Gasteiger partial charge in [0.15, 0.2) is 5.82 Å². The number of nitrogens with two attached hydrogens (primary N) is 1. The second kappa shape index (κ2) is 4.18. The Bertz CT molecular complexity index is 521. The number of nitrogens with zero attached hydrogens (tertiary/aromatic N) is 4. The van der Waals surface area contributed by atoms with E-state index in [1.165, 1.54) is 0 Å². The highest BCUT2D eigenvalue weighted by atomic mass is 79.9. The highest BCUT2D eigenvalue weighted by Gasteiger charge is 2.10. The van der Waals surface area contributed by atoms with E-state index in [9.17, 15) is 0 Å². The summed E-state index contributed by atoms with van der Waals surface area (Å²) in [5.41, 5.74) is 4.41. The van der Waals surface area contributed by atoms with Crippen molar-refractivity contribution in [2.24, 2.45) is 5.84 Å². The average molecular weight is 283 g/mol. The Hall–Kier alpha value is -1.47. The number of hydrogen-bond donors (Lipinski definition) is 2. The highest BCUT2D eigenvalue weighted by molar-refractivity contribution is 9.10. The molecule has 6 nitrogen and oxygen atoms in total. The van der Waals surface area contributed by atoms with Crippen LogP contribution in [-0.4, -0.2) is 19.5 Å². The smallest absolute Gasteiger partial charge is 0.239 e.